The normalized spacial score (nSPS) is 13.4. The molecule has 1 aromatic rings. The quantitative estimate of drug-likeness (QED) is 0.510. The third-order valence-corrected chi connectivity index (χ3v) is 4.08. The van der Waals surface area contributed by atoms with Gasteiger partial charge in [-0.1, -0.05) is 60.8 Å². The second kappa shape index (κ2) is 9.62. The van der Waals surface area contributed by atoms with Crippen LogP contribution >= 0.6 is 15.9 Å². The molecule has 0 saturated heterocycles. The Labute approximate surface area is 140 Å². The first-order chi connectivity index (χ1) is 10.5. The van der Waals surface area contributed by atoms with Gasteiger partial charge < -0.3 is 9.84 Å². The molecule has 0 fully saturated rings. The van der Waals surface area contributed by atoms with Crippen molar-refractivity contribution in [2.45, 2.75) is 45.6 Å². The van der Waals surface area contributed by atoms with E-state index in [1.165, 1.54) is 0 Å². The molecule has 22 heavy (non-hydrogen) atoms. The minimum absolute atomic E-state index is 0.100. The zero-order valence-corrected chi connectivity index (χ0v) is 14.6. The van der Waals surface area contributed by atoms with E-state index in [0.29, 0.717) is 17.9 Å². The van der Waals surface area contributed by atoms with Gasteiger partial charge in [-0.2, -0.15) is 0 Å². The lowest BCUT2D eigenvalue weighted by molar-refractivity contribution is -0.146. The zero-order chi connectivity index (χ0) is 16.5. The lowest BCUT2D eigenvalue weighted by Gasteiger charge is -2.21. The van der Waals surface area contributed by atoms with Crippen LogP contribution in [0.25, 0.3) is 0 Å². The smallest absolute Gasteiger partial charge is 0.336 e. The third kappa shape index (κ3) is 5.79. The summed E-state index contributed by atoms with van der Waals surface area (Å²) in [6, 6.07) is 6.71. The van der Waals surface area contributed by atoms with Crippen LogP contribution in [0.4, 0.5) is 0 Å². The van der Waals surface area contributed by atoms with Gasteiger partial charge in [0.1, 0.15) is 11.4 Å². The number of aromatic carboxylic acids is 1. The Hall–Kier alpha value is -1.36. The molecule has 0 aliphatic heterocycles. The highest BCUT2D eigenvalue weighted by atomic mass is 79.9. The summed E-state index contributed by atoms with van der Waals surface area (Å²) in [5, 5.41) is 9.42. The molecule has 1 N–H and O–H groups in total. The lowest BCUT2D eigenvalue weighted by Crippen LogP contribution is -2.16. The molecule has 0 aromatic heterocycles. The molecule has 2 atom stereocenters. The number of carbonyl (C=O) groups is 2. The van der Waals surface area contributed by atoms with E-state index in [4.69, 9.17) is 4.74 Å². The number of hydrogen-bond donors (Lipinski definition) is 1. The molecule has 1 rings (SSSR count). The average Bonchev–Trinajstić information content (AvgIpc) is 2.51. The molecule has 4 nitrogen and oxygen atoms in total. The van der Waals surface area contributed by atoms with E-state index in [1.807, 2.05) is 0 Å². The number of hydrogen-bond acceptors (Lipinski definition) is 3. The highest BCUT2D eigenvalue weighted by Crippen LogP contribution is 2.29. The third-order valence-electron chi connectivity index (χ3n) is 3.62. The standard InChI is InChI=1S/C17H23BrO4/c1-3-6-12(2)9-10-15(22-16(19)11-18)13-7-4-5-8-14(13)17(20)21/h4-5,7-8,12,15H,3,6,9-11H2,1-2H3,(H,20,21). The Morgan fingerprint density at radius 1 is 1.23 bits per heavy atom. The molecule has 0 bridgehead atoms. The Morgan fingerprint density at radius 3 is 2.50 bits per heavy atom. The minimum atomic E-state index is -1.00. The van der Waals surface area contributed by atoms with Gasteiger partial charge >= 0.3 is 11.9 Å². The van der Waals surface area contributed by atoms with Gasteiger partial charge in [0, 0.05) is 5.56 Å². The Morgan fingerprint density at radius 2 is 1.91 bits per heavy atom. The molecule has 0 saturated carbocycles. The molecule has 0 aliphatic carbocycles. The summed E-state index contributed by atoms with van der Waals surface area (Å²) in [4.78, 5) is 23.0. The number of ether oxygens (including phenoxy) is 1. The summed E-state index contributed by atoms with van der Waals surface area (Å²) >= 11 is 3.08. The maximum atomic E-state index is 11.6. The van der Waals surface area contributed by atoms with E-state index < -0.39 is 12.1 Å². The number of carbonyl (C=O) groups excluding carboxylic acids is 1. The van der Waals surface area contributed by atoms with Crippen molar-refractivity contribution in [3.8, 4) is 0 Å². The van der Waals surface area contributed by atoms with Crippen LogP contribution in [0.1, 0.15) is 61.6 Å². The van der Waals surface area contributed by atoms with Crippen molar-refractivity contribution < 1.29 is 19.4 Å². The number of halogens is 1. The van der Waals surface area contributed by atoms with E-state index in [9.17, 15) is 14.7 Å². The predicted octanol–water partition coefficient (Wildman–Crippen LogP) is 4.58. The fourth-order valence-corrected chi connectivity index (χ4v) is 2.65. The molecule has 5 heteroatoms. The molecule has 0 aliphatic rings. The van der Waals surface area contributed by atoms with Crippen LogP contribution in [0.2, 0.25) is 0 Å². The van der Waals surface area contributed by atoms with Crippen molar-refractivity contribution >= 4 is 27.9 Å². The Kier molecular flexibility index (Phi) is 8.17. The van der Waals surface area contributed by atoms with Gasteiger partial charge in [-0.05, 0) is 24.8 Å². The number of rotatable bonds is 9. The van der Waals surface area contributed by atoms with E-state index >= 15 is 0 Å². The van der Waals surface area contributed by atoms with Crippen LogP contribution in [0.3, 0.4) is 0 Å². The van der Waals surface area contributed by atoms with E-state index in [0.717, 1.165) is 19.3 Å². The van der Waals surface area contributed by atoms with Gasteiger partial charge in [0.25, 0.3) is 0 Å². The van der Waals surface area contributed by atoms with Gasteiger partial charge in [0.05, 0.1) is 5.56 Å². The maximum absolute atomic E-state index is 11.6. The molecule has 0 amide bonds. The number of benzene rings is 1. The summed E-state index contributed by atoms with van der Waals surface area (Å²) in [5.41, 5.74) is 0.756. The van der Waals surface area contributed by atoms with Gasteiger partial charge in [-0.15, -0.1) is 0 Å². The highest BCUT2D eigenvalue weighted by Gasteiger charge is 2.22. The van der Waals surface area contributed by atoms with Crippen molar-refractivity contribution in [2.75, 3.05) is 5.33 Å². The van der Waals surface area contributed by atoms with E-state index in [2.05, 4.69) is 29.8 Å². The molecule has 0 spiro atoms. The number of carboxylic acids is 1. The molecule has 122 valence electrons. The van der Waals surface area contributed by atoms with Crippen LogP contribution in [-0.4, -0.2) is 22.4 Å². The topological polar surface area (TPSA) is 63.6 Å². The summed E-state index contributed by atoms with van der Waals surface area (Å²) < 4.78 is 5.46. The first-order valence-corrected chi connectivity index (χ1v) is 8.69. The van der Waals surface area contributed by atoms with Gasteiger partial charge in [-0.25, -0.2) is 4.79 Å². The number of esters is 1. The first-order valence-electron chi connectivity index (χ1n) is 7.57. The summed E-state index contributed by atoms with van der Waals surface area (Å²) in [6.45, 7) is 4.30. The molecule has 1 aromatic carbocycles. The second-order valence-corrected chi connectivity index (χ2v) is 6.04. The zero-order valence-electron chi connectivity index (χ0n) is 13.0. The van der Waals surface area contributed by atoms with Crippen LogP contribution in [-0.2, 0) is 9.53 Å². The molecule has 2 unspecified atom stereocenters. The Balaban J connectivity index is 2.94. The largest absolute Gasteiger partial charge is 0.478 e. The molecular weight excluding hydrogens is 348 g/mol. The summed E-state index contributed by atoms with van der Waals surface area (Å²) in [6.07, 6.45) is 3.22. The number of alkyl halides is 1. The number of carboxylic acid groups (broad SMARTS) is 1. The van der Waals surface area contributed by atoms with Crippen molar-refractivity contribution in [3.05, 3.63) is 35.4 Å². The minimum Gasteiger partial charge on any atom is -0.478 e. The maximum Gasteiger partial charge on any atom is 0.336 e. The van der Waals surface area contributed by atoms with Gasteiger partial charge in [-0.3, -0.25) is 4.79 Å². The average molecular weight is 371 g/mol. The Bertz CT molecular complexity index is 501. The van der Waals surface area contributed by atoms with Crippen molar-refractivity contribution in [3.63, 3.8) is 0 Å². The highest BCUT2D eigenvalue weighted by molar-refractivity contribution is 9.09. The van der Waals surface area contributed by atoms with Crippen LogP contribution in [0, 0.1) is 5.92 Å². The van der Waals surface area contributed by atoms with Gasteiger partial charge in [0.2, 0.25) is 0 Å². The van der Waals surface area contributed by atoms with Crippen LogP contribution < -0.4 is 0 Å². The van der Waals surface area contributed by atoms with Gasteiger partial charge in [0.15, 0.2) is 0 Å². The molecule has 0 radical (unpaired) electrons. The van der Waals surface area contributed by atoms with Crippen molar-refractivity contribution in [1.82, 2.24) is 0 Å². The van der Waals surface area contributed by atoms with E-state index in [1.54, 1.807) is 24.3 Å². The summed E-state index contributed by atoms with van der Waals surface area (Å²) in [5.74, 6) is -0.863. The fraction of sp³-hybridized carbons (Fsp3) is 0.529. The second-order valence-electron chi connectivity index (χ2n) is 5.48. The fourth-order valence-electron chi connectivity index (χ4n) is 2.51. The van der Waals surface area contributed by atoms with E-state index in [-0.39, 0.29) is 16.9 Å². The molecule has 0 heterocycles. The van der Waals surface area contributed by atoms with Crippen molar-refractivity contribution in [1.29, 1.82) is 0 Å². The predicted molar refractivity (Wildman–Crippen MR) is 89.3 cm³/mol. The summed E-state index contributed by atoms with van der Waals surface area (Å²) in [7, 11) is 0. The first kappa shape index (κ1) is 18.7. The van der Waals surface area contributed by atoms with Crippen molar-refractivity contribution in [2.24, 2.45) is 5.92 Å². The SMILES string of the molecule is CCCC(C)CCC(OC(=O)CBr)c1ccccc1C(=O)O. The lowest BCUT2D eigenvalue weighted by atomic mass is 9.93. The monoisotopic (exact) mass is 370 g/mol. The van der Waals surface area contributed by atoms with Crippen LogP contribution in [0.5, 0.6) is 0 Å². The molecular formula is C17H23BrO4. The van der Waals surface area contributed by atoms with Crippen LogP contribution in [0.15, 0.2) is 24.3 Å².